The molecule has 7 amide bonds. The molecule has 0 saturated carbocycles. The van der Waals surface area contributed by atoms with E-state index >= 15 is 0 Å². The Morgan fingerprint density at radius 3 is 2.19 bits per heavy atom. The van der Waals surface area contributed by atoms with E-state index in [0.29, 0.717) is 16.2 Å². The topological polar surface area (TPSA) is 178 Å². The highest BCUT2D eigenvalue weighted by Gasteiger charge is 2.50. The van der Waals surface area contributed by atoms with Gasteiger partial charge in [-0.2, -0.15) is 4.90 Å². The Labute approximate surface area is 243 Å². The van der Waals surface area contributed by atoms with Crippen molar-refractivity contribution in [3.8, 4) is 5.75 Å². The van der Waals surface area contributed by atoms with Gasteiger partial charge in [-0.15, -0.1) is 0 Å². The Morgan fingerprint density at radius 1 is 0.905 bits per heavy atom. The van der Waals surface area contributed by atoms with Crippen molar-refractivity contribution >= 4 is 41.7 Å². The largest absolute Gasteiger partial charge is 0.483 e. The number of hydrogen-bond acceptors (Lipinski definition) is 10. The molecule has 42 heavy (non-hydrogen) atoms. The van der Waals surface area contributed by atoms with E-state index in [9.17, 15) is 33.6 Å². The number of benzene rings is 1. The van der Waals surface area contributed by atoms with Gasteiger partial charge in [-0.3, -0.25) is 28.9 Å². The lowest BCUT2D eigenvalue weighted by Crippen LogP contribution is -2.58. The molecule has 3 rings (SSSR count). The van der Waals surface area contributed by atoms with E-state index in [1.54, 1.807) is 41.5 Å². The van der Waals surface area contributed by atoms with Crippen molar-refractivity contribution in [1.82, 2.24) is 20.4 Å². The van der Waals surface area contributed by atoms with Crippen LogP contribution in [0.15, 0.2) is 18.2 Å². The summed E-state index contributed by atoms with van der Waals surface area (Å²) in [7, 11) is 0. The molecule has 1 saturated heterocycles. The third-order valence-electron chi connectivity index (χ3n) is 5.89. The third kappa shape index (κ3) is 7.83. The monoisotopic (exact) mass is 588 g/mol. The lowest BCUT2D eigenvalue weighted by atomic mass is 10.0. The highest BCUT2D eigenvalue weighted by Crippen LogP contribution is 2.34. The van der Waals surface area contributed by atoms with E-state index in [0.717, 1.165) is 0 Å². The second-order valence-electron chi connectivity index (χ2n) is 11.7. The van der Waals surface area contributed by atoms with Crippen molar-refractivity contribution in [2.45, 2.75) is 78.0 Å². The number of likely N-dealkylation sites (tertiary alicyclic amines) is 1. The van der Waals surface area contributed by atoms with Gasteiger partial charge in [-0.05, 0) is 66.5 Å². The fourth-order valence-electron chi connectivity index (χ4n) is 4.20. The predicted octanol–water partition coefficient (Wildman–Crippen LogP) is 2.15. The van der Waals surface area contributed by atoms with Crippen LogP contribution in [0.5, 0.6) is 5.75 Å². The van der Waals surface area contributed by atoms with E-state index in [1.165, 1.54) is 18.2 Å². The van der Waals surface area contributed by atoms with Crippen LogP contribution in [-0.4, -0.2) is 88.5 Å². The van der Waals surface area contributed by atoms with Crippen LogP contribution in [-0.2, 0) is 23.9 Å². The number of hydrogen-bond donors (Lipinski definition) is 2. The summed E-state index contributed by atoms with van der Waals surface area (Å²) in [5, 5.41) is 5.19. The Bertz CT molecular complexity index is 1290. The van der Waals surface area contributed by atoms with Crippen LogP contribution in [0.2, 0.25) is 0 Å². The number of amides is 7. The van der Waals surface area contributed by atoms with Crippen molar-refractivity contribution < 1.29 is 47.8 Å². The minimum atomic E-state index is -1.41. The fourth-order valence-corrected chi connectivity index (χ4v) is 4.20. The van der Waals surface area contributed by atoms with Gasteiger partial charge in [0.05, 0.1) is 11.1 Å². The maximum Gasteiger partial charge on any atom is 0.424 e. The summed E-state index contributed by atoms with van der Waals surface area (Å²) in [5.41, 5.74) is -1.79. The first-order chi connectivity index (χ1) is 19.5. The molecular formula is C28H36N4O10. The fraction of sp³-hybridized carbons (Fsp3) is 0.536. The quantitative estimate of drug-likeness (QED) is 0.338. The van der Waals surface area contributed by atoms with Crippen LogP contribution < -0.4 is 15.4 Å². The summed E-state index contributed by atoms with van der Waals surface area (Å²) >= 11 is 0. The molecule has 1 aromatic carbocycles. The molecule has 1 atom stereocenters. The maximum absolute atomic E-state index is 13.4. The van der Waals surface area contributed by atoms with Crippen LogP contribution in [0, 0.1) is 0 Å². The molecule has 0 bridgehead atoms. The zero-order valence-electron chi connectivity index (χ0n) is 24.5. The molecule has 0 spiro atoms. The van der Waals surface area contributed by atoms with Crippen LogP contribution >= 0.6 is 0 Å². The van der Waals surface area contributed by atoms with Gasteiger partial charge < -0.3 is 24.8 Å². The van der Waals surface area contributed by atoms with Gasteiger partial charge in [0.15, 0.2) is 6.61 Å². The first kappa shape index (κ1) is 32.0. The number of fused-ring (bicyclic) bond motifs is 1. The van der Waals surface area contributed by atoms with Crippen LogP contribution in [0.4, 0.5) is 9.59 Å². The molecule has 1 aromatic rings. The Kier molecular flexibility index (Phi) is 9.59. The molecular weight excluding hydrogens is 552 g/mol. The number of piperidine rings is 1. The predicted molar refractivity (Wildman–Crippen MR) is 145 cm³/mol. The lowest BCUT2D eigenvalue weighted by molar-refractivity contribution is -0.150. The molecule has 2 N–H and O–H groups in total. The molecule has 228 valence electrons. The summed E-state index contributed by atoms with van der Waals surface area (Å²) in [6.45, 7) is 9.96. The van der Waals surface area contributed by atoms with Crippen LogP contribution in [0.1, 0.15) is 81.5 Å². The highest BCUT2D eigenvalue weighted by atomic mass is 16.6. The molecule has 2 aliphatic heterocycles. The van der Waals surface area contributed by atoms with Gasteiger partial charge in [0.25, 0.3) is 23.6 Å². The number of carbonyl (C=O) groups is 7. The number of rotatable bonds is 8. The number of ether oxygens (including phenoxy) is 3. The lowest BCUT2D eigenvalue weighted by Gasteiger charge is -2.34. The smallest absolute Gasteiger partial charge is 0.424 e. The molecule has 0 aromatic heterocycles. The van der Waals surface area contributed by atoms with Gasteiger partial charge in [0.1, 0.15) is 23.0 Å². The highest BCUT2D eigenvalue weighted by molar-refractivity contribution is 6.25. The van der Waals surface area contributed by atoms with Gasteiger partial charge >= 0.3 is 12.2 Å². The Morgan fingerprint density at radius 2 is 1.55 bits per heavy atom. The third-order valence-corrected chi connectivity index (χ3v) is 5.89. The minimum absolute atomic E-state index is 0.0420. The molecule has 2 aliphatic rings. The average molecular weight is 589 g/mol. The van der Waals surface area contributed by atoms with Crippen molar-refractivity contribution in [3.63, 3.8) is 0 Å². The van der Waals surface area contributed by atoms with E-state index in [-0.39, 0.29) is 42.8 Å². The van der Waals surface area contributed by atoms with Crippen molar-refractivity contribution in [2.24, 2.45) is 0 Å². The van der Waals surface area contributed by atoms with Crippen molar-refractivity contribution in [3.05, 3.63) is 29.3 Å². The molecule has 2 heterocycles. The first-order valence-electron chi connectivity index (χ1n) is 13.5. The summed E-state index contributed by atoms with van der Waals surface area (Å²) in [5.74, 6) is -4.03. The molecule has 0 aliphatic carbocycles. The molecule has 0 radical (unpaired) electrons. The second kappa shape index (κ2) is 12.6. The SMILES string of the molecule is CC(C)(C)OC(=O)NCCCNC(=O)COc1cccc2c1C(=O)N(C1CCC(=O)N(C(=O)OC(C)(C)C)C1=O)C2=O. The zero-order chi connectivity index (χ0) is 31.4. The first-order valence-corrected chi connectivity index (χ1v) is 13.5. The Balaban J connectivity index is 1.61. The molecule has 1 unspecified atom stereocenters. The second-order valence-corrected chi connectivity index (χ2v) is 11.7. The summed E-state index contributed by atoms with van der Waals surface area (Å²) < 4.78 is 15.8. The van der Waals surface area contributed by atoms with Crippen LogP contribution in [0.25, 0.3) is 0 Å². The van der Waals surface area contributed by atoms with E-state index in [2.05, 4.69) is 10.6 Å². The maximum atomic E-state index is 13.4. The normalized spacial score (nSPS) is 17.1. The molecule has 14 heteroatoms. The van der Waals surface area contributed by atoms with Gasteiger partial charge in [0, 0.05) is 19.5 Å². The number of carbonyl (C=O) groups excluding carboxylic acids is 7. The summed E-state index contributed by atoms with van der Waals surface area (Å²) in [4.78, 5) is 89.7. The van der Waals surface area contributed by atoms with E-state index < -0.39 is 65.6 Å². The minimum Gasteiger partial charge on any atom is -0.483 e. The van der Waals surface area contributed by atoms with Crippen LogP contribution in [0.3, 0.4) is 0 Å². The van der Waals surface area contributed by atoms with Gasteiger partial charge in [0.2, 0.25) is 5.91 Å². The molecule has 1 fully saturated rings. The molecule has 14 nitrogen and oxygen atoms in total. The zero-order valence-corrected chi connectivity index (χ0v) is 24.5. The van der Waals surface area contributed by atoms with Gasteiger partial charge in [-0.1, -0.05) is 6.07 Å². The number of nitrogens with one attached hydrogen (secondary N) is 2. The number of nitrogens with zero attached hydrogens (tertiary/aromatic N) is 2. The van der Waals surface area contributed by atoms with Crippen molar-refractivity contribution in [2.75, 3.05) is 19.7 Å². The number of imide groups is 4. The van der Waals surface area contributed by atoms with Crippen molar-refractivity contribution in [1.29, 1.82) is 0 Å². The average Bonchev–Trinajstić information content (AvgIpc) is 3.11. The standard InChI is InChI=1S/C28H36N4O10/c1-27(2,3)41-25(38)30-14-8-13-29-19(33)15-40-18-10-7-9-16-21(18)24(37)31(22(16)35)17-11-12-20(34)32(23(17)36)26(39)42-28(4,5)6/h7,9-10,17H,8,11-15H2,1-6H3,(H,29,33)(H,30,38). The van der Waals surface area contributed by atoms with E-state index in [4.69, 9.17) is 14.2 Å². The van der Waals surface area contributed by atoms with Gasteiger partial charge in [-0.25, -0.2) is 9.59 Å². The summed E-state index contributed by atoms with van der Waals surface area (Å²) in [6.07, 6.45) is -1.76. The summed E-state index contributed by atoms with van der Waals surface area (Å²) in [6, 6.07) is 2.84. The Hall–Kier alpha value is -4.49. The number of alkyl carbamates (subject to hydrolysis) is 1. The van der Waals surface area contributed by atoms with E-state index in [1.807, 2.05) is 0 Å².